The molecule has 0 saturated heterocycles. The maximum Gasteiger partial charge on any atom is 0.123 e. The summed E-state index contributed by atoms with van der Waals surface area (Å²) in [5, 5.41) is 4.26. The van der Waals surface area contributed by atoms with Gasteiger partial charge in [0.25, 0.3) is 0 Å². The van der Waals surface area contributed by atoms with Gasteiger partial charge in [-0.3, -0.25) is 4.68 Å². The molecule has 2 rings (SSSR count). The maximum atomic E-state index is 13.5. The molecule has 4 nitrogen and oxygen atoms in total. The predicted octanol–water partition coefficient (Wildman–Crippen LogP) is 2.79. The number of rotatable bonds is 5. The number of methoxy groups -OCH3 is 1. The van der Waals surface area contributed by atoms with Crippen LogP contribution in [0, 0.1) is 12.7 Å². The van der Waals surface area contributed by atoms with Gasteiger partial charge < -0.3 is 10.5 Å². The fraction of sp³-hybridized carbons (Fsp3) is 0.357. The SMILES string of the molecule is COCCn1ncc(Br)c1C(N)c1cc(C)cc(F)c1. The Morgan fingerprint density at radius 2 is 2.20 bits per heavy atom. The number of hydrogen-bond donors (Lipinski definition) is 1. The molecule has 0 aliphatic rings. The van der Waals surface area contributed by atoms with Gasteiger partial charge in [-0.25, -0.2) is 4.39 Å². The van der Waals surface area contributed by atoms with Crippen molar-refractivity contribution in [1.29, 1.82) is 0 Å². The zero-order valence-corrected chi connectivity index (χ0v) is 13.0. The Kier molecular flexibility index (Phi) is 4.91. The summed E-state index contributed by atoms with van der Waals surface area (Å²) in [6.45, 7) is 2.98. The van der Waals surface area contributed by atoms with Gasteiger partial charge in [-0.2, -0.15) is 5.10 Å². The van der Waals surface area contributed by atoms with Crippen LogP contribution in [-0.4, -0.2) is 23.5 Å². The van der Waals surface area contributed by atoms with Crippen LogP contribution in [0.5, 0.6) is 0 Å². The summed E-state index contributed by atoms with van der Waals surface area (Å²) in [4.78, 5) is 0. The lowest BCUT2D eigenvalue weighted by Gasteiger charge is -2.16. The molecule has 0 fully saturated rings. The van der Waals surface area contributed by atoms with Crippen molar-refractivity contribution in [2.45, 2.75) is 19.5 Å². The van der Waals surface area contributed by atoms with E-state index in [0.717, 1.165) is 21.3 Å². The number of aryl methyl sites for hydroxylation is 1. The monoisotopic (exact) mass is 341 g/mol. The van der Waals surface area contributed by atoms with Crippen molar-refractivity contribution in [3.63, 3.8) is 0 Å². The fourth-order valence-electron chi connectivity index (χ4n) is 2.14. The van der Waals surface area contributed by atoms with Crippen molar-refractivity contribution in [2.24, 2.45) is 5.73 Å². The summed E-state index contributed by atoms with van der Waals surface area (Å²) in [7, 11) is 1.63. The smallest absolute Gasteiger partial charge is 0.123 e. The van der Waals surface area contributed by atoms with E-state index >= 15 is 0 Å². The highest BCUT2D eigenvalue weighted by Crippen LogP contribution is 2.27. The molecule has 0 radical (unpaired) electrons. The molecule has 0 spiro atoms. The van der Waals surface area contributed by atoms with Crippen LogP contribution in [0.3, 0.4) is 0 Å². The van der Waals surface area contributed by atoms with Crippen LogP contribution in [0.1, 0.15) is 22.9 Å². The Morgan fingerprint density at radius 3 is 2.85 bits per heavy atom. The molecule has 1 atom stereocenters. The Hall–Kier alpha value is -1.24. The van der Waals surface area contributed by atoms with Gasteiger partial charge in [-0.05, 0) is 46.1 Å². The highest BCUT2D eigenvalue weighted by Gasteiger charge is 2.19. The van der Waals surface area contributed by atoms with Crippen molar-refractivity contribution in [1.82, 2.24) is 9.78 Å². The summed E-state index contributed by atoms with van der Waals surface area (Å²) in [5.41, 5.74) is 8.65. The van der Waals surface area contributed by atoms with Crippen molar-refractivity contribution in [2.75, 3.05) is 13.7 Å². The molecule has 1 unspecified atom stereocenters. The van der Waals surface area contributed by atoms with Crippen molar-refractivity contribution in [3.05, 3.63) is 51.5 Å². The van der Waals surface area contributed by atoms with E-state index in [2.05, 4.69) is 21.0 Å². The molecular formula is C14H17BrFN3O. The van der Waals surface area contributed by atoms with Gasteiger partial charge in [0.1, 0.15) is 5.82 Å². The average Bonchev–Trinajstić information content (AvgIpc) is 2.75. The van der Waals surface area contributed by atoms with Gasteiger partial charge in [-0.15, -0.1) is 0 Å². The molecule has 1 aromatic heterocycles. The first-order valence-corrected chi connectivity index (χ1v) is 7.05. The second kappa shape index (κ2) is 6.47. The van der Waals surface area contributed by atoms with Crippen molar-refractivity contribution < 1.29 is 9.13 Å². The van der Waals surface area contributed by atoms with Gasteiger partial charge in [-0.1, -0.05) is 6.07 Å². The van der Waals surface area contributed by atoms with Gasteiger partial charge in [0, 0.05) is 7.11 Å². The van der Waals surface area contributed by atoms with Crippen LogP contribution in [0.4, 0.5) is 4.39 Å². The molecule has 20 heavy (non-hydrogen) atoms. The van der Waals surface area contributed by atoms with Crippen LogP contribution < -0.4 is 5.73 Å². The summed E-state index contributed by atoms with van der Waals surface area (Å²) in [6, 6.07) is 4.37. The first kappa shape index (κ1) is 15.2. The summed E-state index contributed by atoms with van der Waals surface area (Å²) < 4.78 is 21.2. The van der Waals surface area contributed by atoms with Crippen molar-refractivity contribution >= 4 is 15.9 Å². The molecular weight excluding hydrogens is 325 g/mol. The number of hydrogen-bond acceptors (Lipinski definition) is 3. The van der Waals surface area contributed by atoms with Gasteiger partial charge in [0.2, 0.25) is 0 Å². The predicted molar refractivity (Wildman–Crippen MR) is 79.0 cm³/mol. The Bertz CT molecular complexity index is 580. The highest BCUT2D eigenvalue weighted by atomic mass is 79.9. The third kappa shape index (κ3) is 3.26. The molecule has 0 aliphatic carbocycles. The van der Waals surface area contributed by atoms with Crippen molar-refractivity contribution in [3.8, 4) is 0 Å². The largest absolute Gasteiger partial charge is 0.383 e. The summed E-state index contributed by atoms with van der Waals surface area (Å²) >= 11 is 3.45. The fourth-order valence-corrected chi connectivity index (χ4v) is 2.68. The number of halogens is 2. The molecule has 0 bridgehead atoms. The van der Waals surface area contributed by atoms with Gasteiger partial charge in [0.05, 0.1) is 35.6 Å². The summed E-state index contributed by atoms with van der Waals surface area (Å²) in [5.74, 6) is -0.283. The molecule has 0 saturated carbocycles. The second-order valence-electron chi connectivity index (χ2n) is 4.63. The van der Waals surface area contributed by atoms with E-state index in [4.69, 9.17) is 10.5 Å². The minimum Gasteiger partial charge on any atom is -0.383 e. The number of ether oxygens (including phenoxy) is 1. The van der Waals surface area contributed by atoms with E-state index in [-0.39, 0.29) is 5.82 Å². The van der Waals surface area contributed by atoms with Crippen LogP contribution in [0.25, 0.3) is 0 Å². The summed E-state index contributed by atoms with van der Waals surface area (Å²) in [6.07, 6.45) is 1.69. The Morgan fingerprint density at radius 1 is 1.45 bits per heavy atom. The van der Waals surface area contributed by atoms with Gasteiger partial charge in [0.15, 0.2) is 0 Å². The second-order valence-corrected chi connectivity index (χ2v) is 5.49. The van der Waals surface area contributed by atoms with Crippen LogP contribution in [-0.2, 0) is 11.3 Å². The van der Waals surface area contributed by atoms with Crippen LogP contribution >= 0.6 is 15.9 Å². The standard InChI is InChI=1S/C14H17BrFN3O/c1-9-5-10(7-11(16)6-9)13(17)14-12(15)8-18-19(14)3-4-20-2/h5-8,13H,3-4,17H2,1-2H3. The van der Waals surface area contributed by atoms with E-state index < -0.39 is 6.04 Å². The van der Waals surface area contributed by atoms with Crippen LogP contribution in [0.15, 0.2) is 28.9 Å². The first-order valence-electron chi connectivity index (χ1n) is 6.25. The quantitative estimate of drug-likeness (QED) is 0.909. The molecule has 2 aromatic rings. The molecule has 108 valence electrons. The number of nitrogens with zero attached hydrogens (tertiary/aromatic N) is 2. The highest BCUT2D eigenvalue weighted by molar-refractivity contribution is 9.10. The van der Waals surface area contributed by atoms with E-state index in [9.17, 15) is 4.39 Å². The van der Waals surface area contributed by atoms with E-state index in [1.165, 1.54) is 12.1 Å². The normalized spacial score (nSPS) is 12.7. The molecule has 0 aliphatic heterocycles. The number of benzene rings is 1. The maximum absolute atomic E-state index is 13.5. The molecule has 1 heterocycles. The number of nitrogens with two attached hydrogens (primary N) is 1. The first-order chi connectivity index (χ1) is 9.52. The van der Waals surface area contributed by atoms with Crippen LogP contribution in [0.2, 0.25) is 0 Å². The van der Waals surface area contributed by atoms with E-state index in [1.807, 2.05) is 13.0 Å². The lowest BCUT2D eigenvalue weighted by atomic mass is 10.0. The minimum atomic E-state index is -0.446. The minimum absolute atomic E-state index is 0.283. The topological polar surface area (TPSA) is 53.1 Å². The number of aromatic nitrogens is 2. The molecule has 1 aromatic carbocycles. The zero-order valence-electron chi connectivity index (χ0n) is 11.4. The molecule has 6 heteroatoms. The molecule has 0 amide bonds. The van der Waals surface area contributed by atoms with E-state index in [0.29, 0.717) is 13.2 Å². The molecule has 2 N–H and O–H groups in total. The third-order valence-electron chi connectivity index (χ3n) is 3.06. The lowest BCUT2D eigenvalue weighted by Crippen LogP contribution is -2.19. The third-order valence-corrected chi connectivity index (χ3v) is 3.67. The average molecular weight is 342 g/mol. The lowest BCUT2D eigenvalue weighted by molar-refractivity contribution is 0.182. The Labute approximate surface area is 125 Å². The zero-order chi connectivity index (χ0) is 14.7. The van der Waals surface area contributed by atoms with E-state index in [1.54, 1.807) is 18.0 Å². The van der Waals surface area contributed by atoms with Gasteiger partial charge >= 0.3 is 0 Å². The Balaban J connectivity index is 2.36.